The zero-order valence-electron chi connectivity index (χ0n) is 12.6. The van der Waals surface area contributed by atoms with Gasteiger partial charge in [-0.1, -0.05) is 17.7 Å². The molecule has 2 rings (SSSR count). The first kappa shape index (κ1) is 16.7. The minimum atomic E-state index is -0.461. The van der Waals surface area contributed by atoms with Crippen molar-refractivity contribution in [1.29, 1.82) is 5.26 Å². The molecule has 0 spiro atoms. The third-order valence-electron chi connectivity index (χ3n) is 3.97. The summed E-state index contributed by atoms with van der Waals surface area (Å²) in [6, 6.07) is 6.62. The number of hydrogen-bond acceptors (Lipinski definition) is 3. The number of benzene rings is 1. The average molecular weight is 324 g/mol. The smallest absolute Gasteiger partial charge is 0.234 e. The molecule has 118 valence electrons. The van der Waals surface area contributed by atoms with Gasteiger partial charge < -0.3 is 5.32 Å². The number of halogens is 2. The minimum Gasteiger partial charge on any atom is -0.351 e. The number of amides is 1. The number of carbonyl (C=O) groups is 1. The van der Waals surface area contributed by atoms with Gasteiger partial charge in [0.15, 0.2) is 0 Å². The van der Waals surface area contributed by atoms with Gasteiger partial charge >= 0.3 is 0 Å². The van der Waals surface area contributed by atoms with Crippen LogP contribution in [0.4, 0.5) is 4.39 Å². The van der Waals surface area contributed by atoms with E-state index in [4.69, 9.17) is 16.9 Å². The summed E-state index contributed by atoms with van der Waals surface area (Å²) in [5.74, 6) is -0.755. The summed E-state index contributed by atoms with van der Waals surface area (Å²) in [6.45, 7) is 4.95. The highest BCUT2D eigenvalue weighted by Gasteiger charge is 2.37. The maximum Gasteiger partial charge on any atom is 0.234 e. The Bertz CT molecular complexity index is 600. The molecule has 4 nitrogen and oxygen atoms in total. The molecule has 1 amide bonds. The van der Waals surface area contributed by atoms with E-state index in [2.05, 4.69) is 24.1 Å². The summed E-state index contributed by atoms with van der Waals surface area (Å²) in [5, 5.41) is 11.6. The lowest BCUT2D eigenvalue weighted by atomic mass is 9.99. The van der Waals surface area contributed by atoms with Crippen molar-refractivity contribution in [3.05, 3.63) is 34.6 Å². The van der Waals surface area contributed by atoms with Crippen molar-refractivity contribution in [1.82, 2.24) is 10.2 Å². The molecule has 1 aromatic rings. The largest absolute Gasteiger partial charge is 0.351 e. The second-order valence-corrected chi connectivity index (χ2v) is 6.15. The molecule has 22 heavy (non-hydrogen) atoms. The van der Waals surface area contributed by atoms with Crippen LogP contribution in [0.3, 0.4) is 0 Å². The number of hydrogen-bond donors (Lipinski definition) is 1. The van der Waals surface area contributed by atoms with Crippen LogP contribution >= 0.6 is 11.6 Å². The predicted molar refractivity (Wildman–Crippen MR) is 82.8 cm³/mol. The fourth-order valence-corrected chi connectivity index (χ4v) is 3.11. The van der Waals surface area contributed by atoms with E-state index in [1.54, 1.807) is 6.07 Å². The molecule has 0 radical (unpaired) electrons. The number of likely N-dealkylation sites (tertiary alicyclic amines) is 1. The van der Waals surface area contributed by atoms with Crippen molar-refractivity contribution in [2.75, 3.05) is 6.54 Å². The number of nitriles is 1. The second kappa shape index (κ2) is 7.08. The summed E-state index contributed by atoms with van der Waals surface area (Å²) in [4.78, 5) is 13.9. The van der Waals surface area contributed by atoms with Crippen LogP contribution in [0.5, 0.6) is 0 Å². The van der Waals surface area contributed by atoms with Gasteiger partial charge in [0, 0.05) is 18.6 Å². The molecule has 0 bridgehead atoms. The summed E-state index contributed by atoms with van der Waals surface area (Å²) < 4.78 is 13.8. The van der Waals surface area contributed by atoms with Crippen molar-refractivity contribution in [2.24, 2.45) is 0 Å². The van der Waals surface area contributed by atoms with E-state index < -0.39 is 5.82 Å². The zero-order chi connectivity index (χ0) is 16.3. The molecule has 0 aliphatic carbocycles. The number of carbonyl (C=O) groups excluding carboxylic acids is 1. The van der Waals surface area contributed by atoms with Gasteiger partial charge in [-0.2, -0.15) is 5.26 Å². The van der Waals surface area contributed by atoms with Crippen LogP contribution in [0.15, 0.2) is 18.2 Å². The summed E-state index contributed by atoms with van der Waals surface area (Å²) in [7, 11) is 0. The monoisotopic (exact) mass is 323 g/mol. The molecule has 1 fully saturated rings. The van der Waals surface area contributed by atoms with E-state index in [1.165, 1.54) is 12.1 Å². The molecule has 1 heterocycles. The molecular formula is C16H19ClFN3O. The lowest BCUT2D eigenvalue weighted by Gasteiger charge is -2.32. The fraction of sp³-hybridized carbons (Fsp3) is 0.500. The highest BCUT2D eigenvalue weighted by molar-refractivity contribution is 6.30. The second-order valence-electron chi connectivity index (χ2n) is 5.75. The van der Waals surface area contributed by atoms with Crippen molar-refractivity contribution < 1.29 is 9.18 Å². The number of nitrogens with one attached hydrogen (secondary N) is 1. The van der Waals surface area contributed by atoms with Crippen LogP contribution in [0.25, 0.3) is 0 Å². The van der Waals surface area contributed by atoms with Gasteiger partial charge in [-0.25, -0.2) is 4.39 Å². The van der Waals surface area contributed by atoms with Crippen LogP contribution < -0.4 is 5.32 Å². The SMILES string of the molecule is CC(C)N1CC[C@H](NC(=O)CC#N)[C@@H]1c1ccc(Cl)c(F)c1. The highest BCUT2D eigenvalue weighted by Crippen LogP contribution is 2.35. The van der Waals surface area contributed by atoms with E-state index in [1.807, 2.05) is 6.07 Å². The maximum absolute atomic E-state index is 13.8. The van der Waals surface area contributed by atoms with E-state index in [9.17, 15) is 9.18 Å². The summed E-state index contributed by atoms with van der Waals surface area (Å²) in [6.07, 6.45) is 0.601. The molecule has 0 saturated carbocycles. The van der Waals surface area contributed by atoms with Gasteiger partial charge in [0.2, 0.25) is 5.91 Å². The van der Waals surface area contributed by atoms with E-state index >= 15 is 0 Å². The fourth-order valence-electron chi connectivity index (χ4n) is 3.00. The quantitative estimate of drug-likeness (QED) is 0.926. The minimum absolute atomic E-state index is 0.0860. The van der Waals surface area contributed by atoms with Crippen LogP contribution in [-0.2, 0) is 4.79 Å². The van der Waals surface area contributed by atoms with Crippen LogP contribution in [0.2, 0.25) is 5.02 Å². The topological polar surface area (TPSA) is 56.1 Å². The van der Waals surface area contributed by atoms with Crippen molar-refractivity contribution >= 4 is 17.5 Å². The Balaban J connectivity index is 2.28. The first-order chi connectivity index (χ1) is 10.4. The van der Waals surface area contributed by atoms with E-state index in [-0.39, 0.29) is 35.5 Å². The molecule has 1 aromatic carbocycles. The summed E-state index contributed by atoms with van der Waals surface area (Å²) >= 11 is 5.75. The Morgan fingerprint density at radius 1 is 1.59 bits per heavy atom. The average Bonchev–Trinajstić information content (AvgIpc) is 2.86. The lowest BCUT2D eigenvalue weighted by Crippen LogP contribution is -2.41. The standard InChI is InChI=1S/C16H19ClFN3O/c1-10(2)21-8-6-14(20-15(22)5-7-19)16(21)11-3-4-12(17)13(18)9-11/h3-4,9-10,14,16H,5-6,8H2,1-2H3,(H,20,22)/t14-,16-/m0/s1. The molecule has 1 aliphatic heterocycles. The van der Waals surface area contributed by atoms with Gasteiger partial charge in [-0.15, -0.1) is 0 Å². The Morgan fingerprint density at radius 3 is 2.91 bits per heavy atom. The first-order valence-electron chi connectivity index (χ1n) is 7.31. The molecule has 1 saturated heterocycles. The maximum atomic E-state index is 13.8. The van der Waals surface area contributed by atoms with Gasteiger partial charge in [0.25, 0.3) is 0 Å². The molecule has 1 N–H and O–H groups in total. The Morgan fingerprint density at radius 2 is 2.32 bits per heavy atom. The molecule has 2 atom stereocenters. The third kappa shape index (κ3) is 3.57. The van der Waals surface area contributed by atoms with E-state index in [0.29, 0.717) is 0 Å². The van der Waals surface area contributed by atoms with Gasteiger partial charge in [0.05, 0.1) is 17.1 Å². The van der Waals surface area contributed by atoms with Crippen LogP contribution in [0, 0.1) is 17.1 Å². The Labute approximate surface area is 134 Å². The summed E-state index contributed by atoms with van der Waals surface area (Å²) in [5.41, 5.74) is 0.787. The Hall–Kier alpha value is -1.64. The van der Waals surface area contributed by atoms with Crippen LogP contribution in [-0.4, -0.2) is 29.4 Å². The molecular weight excluding hydrogens is 305 g/mol. The third-order valence-corrected chi connectivity index (χ3v) is 4.28. The Kier molecular flexibility index (Phi) is 5.38. The van der Waals surface area contributed by atoms with Crippen molar-refractivity contribution in [2.45, 2.75) is 44.8 Å². The lowest BCUT2D eigenvalue weighted by molar-refractivity contribution is -0.121. The van der Waals surface area contributed by atoms with Crippen molar-refractivity contribution in [3.8, 4) is 6.07 Å². The normalized spacial score (nSPS) is 21.8. The predicted octanol–water partition coefficient (Wildman–Crippen LogP) is 3.03. The number of nitrogens with zero attached hydrogens (tertiary/aromatic N) is 2. The molecule has 0 aromatic heterocycles. The van der Waals surface area contributed by atoms with Gasteiger partial charge in [-0.3, -0.25) is 9.69 Å². The van der Waals surface area contributed by atoms with Crippen LogP contribution in [0.1, 0.15) is 38.3 Å². The first-order valence-corrected chi connectivity index (χ1v) is 7.69. The van der Waals surface area contributed by atoms with Gasteiger partial charge in [0.1, 0.15) is 12.2 Å². The highest BCUT2D eigenvalue weighted by atomic mass is 35.5. The zero-order valence-corrected chi connectivity index (χ0v) is 13.4. The molecule has 6 heteroatoms. The van der Waals surface area contributed by atoms with Gasteiger partial charge in [-0.05, 0) is 38.0 Å². The van der Waals surface area contributed by atoms with E-state index in [0.717, 1.165) is 18.5 Å². The molecule has 1 aliphatic rings. The van der Waals surface area contributed by atoms with Crippen molar-refractivity contribution in [3.63, 3.8) is 0 Å². The number of rotatable bonds is 4. The molecule has 0 unspecified atom stereocenters.